The highest BCUT2D eigenvalue weighted by molar-refractivity contribution is 6.35. The average molecular weight is 1220 g/mol. The molecule has 0 aliphatic carbocycles. The predicted molar refractivity (Wildman–Crippen MR) is 407 cm³/mol. The van der Waals surface area contributed by atoms with Gasteiger partial charge in [-0.05, 0) is 147 Å². The van der Waals surface area contributed by atoms with Crippen LogP contribution in [0.4, 0.5) is 34.1 Å². The van der Waals surface area contributed by atoms with Gasteiger partial charge in [0.25, 0.3) is 0 Å². The van der Waals surface area contributed by atoms with Gasteiger partial charge >= 0.3 is 0 Å². The Balaban J connectivity index is 0.885. The molecular weight excluding hydrogens is 1170 g/mol. The number of hydrogen-bond donors (Lipinski definition) is 0. The van der Waals surface area contributed by atoms with Crippen LogP contribution in [0.25, 0.3) is 163 Å². The molecule has 0 amide bonds. The van der Waals surface area contributed by atoms with Gasteiger partial charge in [0.2, 0.25) is 0 Å². The smallest absolute Gasteiger partial charge is 0.160 e. The van der Waals surface area contributed by atoms with Crippen molar-refractivity contribution in [2.75, 3.05) is 9.80 Å². The first kappa shape index (κ1) is 53.9. The van der Waals surface area contributed by atoms with Crippen molar-refractivity contribution >= 4 is 164 Å². The molecule has 0 aliphatic rings. The Morgan fingerprint density at radius 3 is 0.812 bits per heavy atom. The molecule has 0 atom stereocenters. The maximum Gasteiger partial charge on any atom is 0.160 e. The van der Waals surface area contributed by atoms with E-state index in [1.165, 1.54) is 21.5 Å². The van der Waals surface area contributed by atoms with Gasteiger partial charge in [-0.2, -0.15) is 0 Å². The third-order valence-electron chi connectivity index (χ3n) is 20.1. The van der Waals surface area contributed by atoms with E-state index in [9.17, 15) is 0 Å². The van der Waals surface area contributed by atoms with Gasteiger partial charge in [0.05, 0.1) is 22.7 Å². The van der Waals surface area contributed by atoms with Crippen LogP contribution in [-0.2, 0) is 0 Å². The molecule has 0 aliphatic heterocycles. The first-order chi connectivity index (χ1) is 47.7. The van der Waals surface area contributed by atoms with E-state index in [0.717, 1.165) is 176 Å². The fourth-order valence-electron chi connectivity index (χ4n) is 15.9. The predicted octanol–water partition coefficient (Wildman–Crippen LogP) is 26.7. The number of rotatable bonds is 9. The molecule has 0 unspecified atom stereocenters. The molecule has 0 bridgehead atoms. The summed E-state index contributed by atoms with van der Waals surface area (Å²) in [5.74, 6) is 0. The summed E-state index contributed by atoms with van der Waals surface area (Å²) in [6.07, 6.45) is 0. The van der Waals surface area contributed by atoms with Gasteiger partial charge in [0.1, 0.15) is 11.2 Å². The molecule has 2 aromatic heterocycles. The molecule has 0 spiro atoms. The van der Waals surface area contributed by atoms with Crippen molar-refractivity contribution in [2.24, 2.45) is 0 Å². The second-order valence-corrected chi connectivity index (χ2v) is 25.3. The van der Waals surface area contributed by atoms with Crippen molar-refractivity contribution < 1.29 is 8.83 Å². The van der Waals surface area contributed by atoms with E-state index in [1.807, 2.05) is 0 Å². The summed E-state index contributed by atoms with van der Waals surface area (Å²) >= 11 is 0. The molecule has 0 radical (unpaired) electrons. The zero-order valence-corrected chi connectivity index (χ0v) is 52.0. The van der Waals surface area contributed by atoms with Gasteiger partial charge in [-0.1, -0.05) is 291 Å². The van der Waals surface area contributed by atoms with Crippen LogP contribution in [0.5, 0.6) is 0 Å². The summed E-state index contributed by atoms with van der Waals surface area (Å²) in [5.41, 5.74) is 16.4. The standard InChI is InChI=1S/C92H56N2O2/c1-3-23-57(24-4-1)59-43-49-65(50-44-59)93(79-55-63-29-9-13-33-69(63)87-85-67-31-11-7-27-61(67)47-53-81(85)95-91(79)87)89-75-39-19-15-35-71(75)83(72-36-16-20-40-76(72)89)84-73-37-17-21-41-77(73)90(78-42-22-18-38-74(78)84)94(66-51-45-60(46-52-66)58-25-5-2-6-26-58)80-56-64-30-10-14-34-70(64)88-86-68-32-12-8-28-62(68)48-54-82(86)96-92(80)88/h1-56H. The Morgan fingerprint density at radius 2 is 0.469 bits per heavy atom. The highest BCUT2D eigenvalue weighted by atomic mass is 16.3. The van der Waals surface area contributed by atoms with Crippen molar-refractivity contribution in [3.05, 3.63) is 340 Å². The zero-order valence-electron chi connectivity index (χ0n) is 52.0. The van der Waals surface area contributed by atoms with Gasteiger partial charge in [0.15, 0.2) is 11.2 Å². The first-order valence-corrected chi connectivity index (χ1v) is 33.0. The number of fused-ring (bicyclic) bond motifs is 18. The Morgan fingerprint density at radius 1 is 0.198 bits per heavy atom. The summed E-state index contributed by atoms with van der Waals surface area (Å²) in [4.78, 5) is 4.99. The molecule has 0 saturated carbocycles. The van der Waals surface area contributed by atoms with Crippen LogP contribution in [0.2, 0.25) is 0 Å². The molecule has 4 nitrogen and oxygen atoms in total. The van der Waals surface area contributed by atoms with Crippen LogP contribution in [0.15, 0.2) is 349 Å². The normalized spacial score (nSPS) is 12.0. The van der Waals surface area contributed by atoms with Gasteiger partial charge in [-0.15, -0.1) is 0 Å². The van der Waals surface area contributed by atoms with Crippen LogP contribution < -0.4 is 9.80 Å². The van der Waals surface area contributed by atoms with Crippen LogP contribution in [0.3, 0.4) is 0 Å². The van der Waals surface area contributed by atoms with Crippen LogP contribution >= 0.6 is 0 Å². The summed E-state index contributed by atoms with van der Waals surface area (Å²) < 4.78 is 14.8. The Kier molecular flexibility index (Phi) is 12.0. The van der Waals surface area contributed by atoms with Gasteiger partial charge in [0, 0.05) is 54.5 Å². The number of anilines is 6. The van der Waals surface area contributed by atoms with Gasteiger partial charge < -0.3 is 18.6 Å². The van der Waals surface area contributed by atoms with Crippen molar-refractivity contribution in [1.82, 2.24) is 0 Å². The minimum absolute atomic E-state index is 0.830. The van der Waals surface area contributed by atoms with Crippen LogP contribution in [0.1, 0.15) is 0 Å². The Labute approximate surface area is 552 Å². The lowest BCUT2D eigenvalue weighted by atomic mass is 9.84. The van der Waals surface area contributed by atoms with Crippen LogP contribution in [0, 0.1) is 0 Å². The zero-order chi connectivity index (χ0) is 63.0. The highest BCUT2D eigenvalue weighted by Crippen LogP contribution is 2.57. The summed E-state index contributed by atoms with van der Waals surface area (Å²) in [7, 11) is 0. The molecule has 96 heavy (non-hydrogen) atoms. The van der Waals surface area contributed by atoms with Gasteiger partial charge in [-0.25, -0.2) is 0 Å². The fourth-order valence-corrected chi connectivity index (χ4v) is 15.9. The molecule has 2 heterocycles. The van der Waals surface area contributed by atoms with Crippen molar-refractivity contribution in [3.8, 4) is 33.4 Å². The first-order valence-electron chi connectivity index (χ1n) is 33.0. The van der Waals surface area contributed by atoms with Crippen molar-refractivity contribution in [2.45, 2.75) is 0 Å². The average Bonchev–Trinajstić information content (AvgIpc) is 1.27. The lowest BCUT2D eigenvalue weighted by molar-refractivity contribution is 0.669. The van der Waals surface area contributed by atoms with E-state index in [4.69, 9.17) is 8.83 Å². The molecule has 446 valence electrons. The number of nitrogens with zero attached hydrogens (tertiary/aromatic N) is 2. The maximum atomic E-state index is 7.38. The monoisotopic (exact) mass is 1220 g/mol. The summed E-state index contributed by atoms with van der Waals surface area (Å²) in [6.45, 7) is 0. The second kappa shape index (κ2) is 21.4. The quantitative estimate of drug-likeness (QED) is 0.135. The van der Waals surface area contributed by atoms with Crippen molar-refractivity contribution in [1.29, 1.82) is 0 Å². The highest BCUT2D eigenvalue weighted by Gasteiger charge is 2.31. The maximum absolute atomic E-state index is 7.38. The number of benzene rings is 18. The molecule has 0 N–H and O–H groups in total. The SMILES string of the molecule is c1ccc(-c2ccc(N(c3c4ccccc4c(-c4c5ccccc5c(N(c5ccc(-c6ccccc6)cc5)c5cc6ccccc6c6c5oc5ccc7ccccc7c56)c5ccccc45)c4ccccc34)c3cc4ccccc4c4c3oc3ccc5ccccc5c34)cc2)cc1. The number of furan rings is 2. The molecular formula is C92H56N2O2. The summed E-state index contributed by atoms with van der Waals surface area (Å²) in [6, 6.07) is 124. The molecule has 0 fully saturated rings. The molecule has 20 rings (SSSR count). The number of hydrogen-bond acceptors (Lipinski definition) is 4. The molecule has 20 aromatic rings. The van der Waals surface area contributed by atoms with Crippen LogP contribution in [-0.4, -0.2) is 0 Å². The van der Waals surface area contributed by atoms with Crippen molar-refractivity contribution in [3.63, 3.8) is 0 Å². The lowest BCUT2D eigenvalue weighted by Crippen LogP contribution is -2.13. The lowest BCUT2D eigenvalue weighted by Gasteiger charge is -2.31. The second-order valence-electron chi connectivity index (χ2n) is 25.3. The van der Waals surface area contributed by atoms with E-state index in [1.54, 1.807) is 0 Å². The largest absolute Gasteiger partial charge is 0.454 e. The summed E-state index contributed by atoms with van der Waals surface area (Å²) in [5, 5.41) is 22.6. The van der Waals surface area contributed by atoms with E-state index in [-0.39, 0.29) is 0 Å². The third-order valence-corrected chi connectivity index (χ3v) is 20.1. The molecule has 4 heteroatoms. The van der Waals surface area contributed by atoms with E-state index in [0.29, 0.717) is 0 Å². The third kappa shape index (κ3) is 8.16. The van der Waals surface area contributed by atoms with E-state index >= 15 is 0 Å². The minimum Gasteiger partial charge on any atom is -0.454 e. The molecule has 18 aromatic carbocycles. The van der Waals surface area contributed by atoms with E-state index < -0.39 is 0 Å². The topological polar surface area (TPSA) is 32.8 Å². The van der Waals surface area contributed by atoms with E-state index in [2.05, 4.69) is 350 Å². The Bertz CT molecular complexity index is 6050. The Hall–Kier alpha value is -12.8. The van der Waals surface area contributed by atoms with Gasteiger partial charge in [-0.3, -0.25) is 0 Å². The molecule has 0 saturated heterocycles. The fraction of sp³-hybridized carbons (Fsp3) is 0. The minimum atomic E-state index is 0.830.